The van der Waals surface area contributed by atoms with Crippen molar-refractivity contribution in [2.75, 3.05) is 18.0 Å². The van der Waals surface area contributed by atoms with Gasteiger partial charge < -0.3 is 4.90 Å². The van der Waals surface area contributed by atoms with Gasteiger partial charge in [0.05, 0.1) is 0 Å². The summed E-state index contributed by atoms with van der Waals surface area (Å²) in [5, 5.41) is 20.3. The topological polar surface area (TPSA) is 75.0 Å². The number of rotatable bonds is 3. The Morgan fingerprint density at radius 2 is 1.93 bits per heavy atom. The number of nitrogens with zero attached hydrogens (tertiary/aromatic N) is 6. The van der Waals surface area contributed by atoms with Gasteiger partial charge in [0.2, 0.25) is 0 Å². The molecule has 1 saturated heterocycles. The highest BCUT2D eigenvalue weighted by atomic mass is 19.1. The lowest BCUT2D eigenvalue weighted by Gasteiger charge is -2.32. The Bertz CT molecular complexity index is 1060. The molecule has 1 N–H and O–H groups in total. The molecule has 0 bridgehead atoms. The summed E-state index contributed by atoms with van der Waals surface area (Å²) in [6.07, 6.45) is 4.02. The Morgan fingerprint density at radius 1 is 1.04 bits per heavy atom. The first-order valence-electron chi connectivity index (χ1n) is 9.00. The predicted molar refractivity (Wildman–Crippen MR) is 99.0 cm³/mol. The van der Waals surface area contributed by atoms with Gasteiger partial charge in [0, 0.05) is 36.5 Å². The maximum absolute atomic E-state index is 13.2. The molecule has 0 saturated carbocycles. The second-order valence-corrected chi connectivity index (χ2v) is 6.79. The maximum Gasteiger partial charge on any atom is 0.185 e. The van der Waals surface area contributed by atoms with E-state index in [9.17, 15) is 4.39 Å². The molecule has 1 aliphatic rings. The average molecular weight is 363 g/mol. The van der Waals surface area contributed by atoms with E-state index < -0.39 is 0 Å². The van der Waals surface area contributed by atoms with Gasteiger partial charge in [-0.3, -0.25) is 5.10 Å². The minimum absolute atomic E-state index is 0.278. The number of benzene rings is 1. The summed E-state index contributed by atoms with van der Waals surface area (Å²) in [6.45, 7) is 1.84. The number of H-pyrrole nitrogens is 1. The summed E-state index contributed by atoms with van der Waals surface area (Å²) in [5.74, 6) is 1.62. The van der Waals surface area contributed by atoms with Gasteiger partial charge in [0.1, 0.15) is 11.6 Å². The van der Waals surface area contributed by atoms with Crippen LogP contribution in [0.1, 0.15) is 24.5 Å². The maximum atomic E-state index is 13.2. The Balaban J connectivity index is 1.49. The second-order valence-electron chi connectivity index (χ2n) is 6.79. The third-order valence-corrected chi connectivity index (χ3v) is 5.06. The zero-order chi connectivity index (χ0) is 18.2. The number of aromatic nitrogens is 6. The van der Waals surface area contributed by atoms with Crippen molar-refractivity contribution >= 4 is 11.5 Å². The smallest absolute Gasteiger partial charge is 0.185 e. The van der Waals surface area contributed by atoms with Gasteiger partial charge in [-0.1, -0.05) is 0 Å². The van der Waals surface area contributed by atoms with Crippen LogP contribution in [0.4, 0.5) is 10.2 Å². The largest absolute Gasteiger partial charge is 0.355 e. The van der Waals surface area contributed by atoms with E-state index >= 15 is 0 Å². The molecule has 8 heteroatoms. The van der Waals surface area contributed by atoms with Crippen LogP contribution in [0.5, 0.6) is 0 Å². The molecule has 5 rings (SSSR count). The van der Waals surface area contributed by atoms with E-state index in [0.29, 0.717) is 17.4 Å². The van der Waals surface area contributed by atoms with Crippen molar-refractivity contribution < 1.29 is 4.39 Å². The van der Waals surface area contributed by atoms with Crippen LogP contribution in [0.3, 0.4) is 0 Å². The molecule has 0 aliphatic carbocycles. The highest BCUT2D eigenvalue weighted by Gasteiger charge is 2.24. The number of aromatic amines is 1. The average Bonchev–Trinajstić information content (AvgIpc) is 3.38. The molecule has 1 fully saturated rings. The summed E-state index contributed by atoms with van der Waals surface area (Å²) in [6, 6.07) is 12.2. The Morgan fingerprint density at radius 3 is 2.74 bits per heavy atom. The van der Waals surface area contributed by atoms with E-state index in [1.807, 2.05) is 18.2 Å². The van der Waals surface area contributed by atoms with Gasteiger partial charge in [0.25, 0.3) is 0 Å². The highest BCUT2D eigenvalue weighted by Crippen LogP contribution is 2.28. The Kier molecular flexibility index (Phi) is 3.81. The van der Waals surface area contributed by atoms with E-state index in [0.717, 1.165) is 43.0 Å². The van der Waals surface area contributed by atoms with E-state index in [-0.39, 0.29) is 5.82 Å². The van der Waals surface area contributed by atoms with Crippen molar-refractivity contribution in [3.63, 3.8) is 0 Å². The van der Waals surface area contributed by atoms with Crippen molar-refractivity contribution in [1.82, 2.24) is 30.0 Å². The molecule has 0 spiro atoms. The number of hydrogen-bond donors (Lipinski definition) is 1. The number of fused-ring (bicyclic) bond motifs is 1. The summed E-state index contributed by atoms with van der Waals surface area (Å²) >= 11 is 0. The van der Waals surface area contributed by atoms with Crippen molar-refractivity contribution in [1.29, 1.82) is 0 Å². The van der Waals surface area contributed by atoms with Crippen LogP contribution in [0.25, 0.3) is 17.0 Å². The van der Waals surface area contributed by atoms with E-state index in [1.165, 1.54) is 12.1 Å². The van der Waals surface area contributed by atoms with E-state index in [2.05, 4.69) is 25.3 Å². The predicted octanol–water partition coefficient (Wildman–Crippen LogP) is 3.04. The molecular formula is C19H18FN7. The van der Waals surface area contributed by atoms with Crippen LogP contribution < -0.4 is 4.90 Å². The third kappa shape index (κ3) is 2.92. The molecule has 1 atom stereocenters. The molecule has 0 radical (unpaired) electrons. The standard InChI is InChI=1S/C19H18FN7/c20-15-5-3-13(4-6-15)19-24-23-17-7-8-18(25-27(17)19)26-11-1-2-14(12-26)16-9-10-21-22-16/h3-10,14H,1-2,11-12H2,(H,21,22). The first kappa shape index (κ1) is 15.9. The zero-order valence-corrected chi connectivity index (χ0v) is 14.6. The molecule has 136 valence electrons. The zero-order valence-electron chi connectivity index (χ0n) is 14.6. The quantitative estimate of drug-likeness (QED) is 0.606. The molecule has 7 nitrogen and oxygen atoms in total. The Labute approximate surface area is 154 Å². The number of hydrogen-bond acceptors (Lipinski definition) is 5. The van der Waals surface area contributed by atoms with Crippen molar-refractivity contribution in [2.45, 2.75) is 18.8 Å². The molecule has 0 amide bonds. The van der Waals surface area contributed by atoms with Crippen molar-refractivity contribution in [3.05, 3.63) is 60.2 Å². The fourth-order valence-corrected chi connectivity index (χ4v) is 3.66. The monoisotopic (exact) mass is 363 g/mol. The van der Waals surface area contributed by atoms with Crippen LogP contribution in [-0.2, 0) is 0 Å². The normalized spacial score (nSPS) is 17.5. The lowest BCUT2D eigenvalue weighted by molar-refractivity contribution is 0.496. The van der Waals surface area contributed by atoms with Crippen LogP contribution >= 0.6 is 0 Å². The summed E-state index contributed by atoms with van der Waals surface area (Å²) in [7, 11) is 0. The van der Waals surface area contributed by atoms with Gasteiger partial charge in [-0.05, 0) is 55.3 Å². The molecule has 3 aromatic heterocycles. The van der Waals surface area contributed by atoms with E-state index in [1.54, 1.807) is 22.8 Å². The van der Waals surface area contributed by atoms with Crippen LogP contribution in [0.2, 0.25) is 0 Å². The van der Waals surface area contributed by atoms with Crippen LogP contribution in [0, 0.1) is 5.82 Å². The first-order valence-corrected chi connectivity index (χ1v) is 9.00. The van der Waals surface area contributed by atoms with Gasteiger partial charge in [-0.2, -0.15) is 9.61 Å². The third-order valence-electron chi connectivity index (χ3n) is 5.06. The van der Waals surface area contributed by atoms with Crippen molar-refractivity contribution in [2.24, 2.45) is 0 Å². The van der Waals surface area contributed by atoms with Gasteiger partial charge in [-0.15, -0.1) is 15.3 Å². The van der Waals surface area contributed by atoms with Gasteiger partial charge in [0.15, 0.2) is 11.5 Å². The molecule has 1 aromatic carbocycles. The number of anilines is 1. The minimum atomic E-state index is -0.278. The van der Waals surface area contributed by atoms with Crippen LogP contribution in [0.15, 0.2) is 48.7 Å². The lowest BCUT2D eigenvalue weighted by atomic mass is 9.95. The molecular weight excluding hydrogens is 345 g/mol. The first-order chi connectivity index (χ1) is 13.3. The lowest BCUT2D eigenvalue weighted by Crippen LogP contribution is -2.35. The number of halogens is 1. The molecule has 27 heavy (non-hydrogen) atoms. The molecule has 1 aliphatic heterocycles. The van der Waals surface area contributed by atoms with Crippen molar-refractivity contribution in [3.8, 4) is 11.4 Å². The molecule has 4 heterocycles. The summed E-state index contributed by atoms with van der Waals surface area (Å²) in [4.78, 5) is 2.28. The van der Waals surface area contributed by atoms with E-state index in [4.69, 9.17) is 5.10 Å². The second kappa shape index (κ2) is 6.46. The molecule has 1 unspecified atom stereocenters. The fraction of sp³-hybridized carbons (Fsp3) is 0.263. The van der Waals surface area contributed by atoms with Crippen LogP contribution in [-0.4, -0.2) is 43.1 Å². The van der Waals surface area contributed by atoms with Gasteiger partial charge >= 0.3 is 0 Å². The number of piperidine rings is 1. The SMILES string of the molecule is Fc1ccc(-c2nnc3ccc(N4CCCC(c5ccn[nH]5)C4)nn23)cc1. The number of nitrogens with one attached hydrogen (secondary N) is 1. The minimum Gasteiger partial charge on any atom is -0.355 e. The van der Waals surface area contributed by atoms with Gasteiger partial charge in [-0.25, -0.2) is 4.39 Å². The molecule has 4 aromatic rings. The summed E-state index contributed by atoms with van der Waals surface area (Å²) in [5.41, 5.74) is 2.61. The Hall–Kier alpha value is -3.29. The highest BCUT2D eigenvalue weighted by molar-refractivity contribution is 5.59. The fourth-order valence-electron chi connectivity index (χ4n) is 3.66. The summed E-state index contributed by atoms with van der Waals surface area (Å²) < 4.78 is 15.0.